The molecule has 0 aliphatic rings. The van der Waals surface area contributed by atoms with Gasteiger partial charge in [-0.1, -0.05) is 46.9 Å². The molecular weight excluding hydrogens is 427 g/mol. The number of nitrogens with zero attached hydrogens (tertiary/aromatic N) is 2. The van der Waals surface area contributed by atoms with Crippen LogP contribution in [0.4, 0.5) is 0 Å². The third-order valence-electron chi connectivity index (χ3n) is 3.92. The SMILES string of the molecule is O=C(O)c1nn(-c2ccc(Cl)cc2Cl)c(-c2ccc(Cl)cc2)c1COCCO. The van der Waals surface area contributed by atoms with Crippen molar-refractivity contribution >= 4 is 40.8 Å². The van der Waals surface area contributed by atoms with E-state index in [-0.39, 0.29) is 25.5 Å². The zero-order valence-corrected chi connectivity index (χ0v) is 16.7. The lowest BCUT2D eigenvalue weighted by Crippen LogP contribution is -2.05. The predicted octanol–water partition coefficient (Wildman–Crippen LogP) is 4.71. The number of hydrogen-bond acceptors (Lipinski definition) is 4. The van der Waals surface area contributed by atoms with Gasteiger partial charge in [0, 0.05) is 21.2 Å². The molecule has 3 rings (SSSR count). The van der Waals surface area contributed by atoms with Gasteiger partial charge in [-0.25, -0.2) is 9.48 Å². The van der Waals surface area contributed by atoms with Gasteiger partial charge in [0.05, 0.1) is 36.2 Å². The summed E-state index contributed by atoms with van der Waals surface area (Å²) in [7, 11) is 0. The van der Waals surface area contributed by atoms with E-state index in [1.54, 1.807) is 42.5 Å². The van der Waals surface area contributed by atoms with Crippen LogP contribution < -0.4 is 0 Å². The maximum Gasteiger partial charge on any atom is 0.356 e. The minimum atomic E-state index is -1.21. The van der Waals surface area contributed by atoms with Gasteiger partial charge < -0.3 is 14.9 Å². The lowest BCUT2D eigenvalue weighted by atomic mass is 10.1. The fourth-order valence-electron chi connectivity index (χ4n) is 2.73. The maximum atomic E-state index is 11.8. The zero-order chi connectivity index (χ0) is 20.3. The van der Waals surface area contributed by atoms with Gasteiger partial charge in [-0.15, -0.1) is 0 Å². The quantitative estimate of drug-likeness (QED) is 0.519. The molecule has 3 aromatic rings. The standard InChI is InChI=1S/C19H15Cl3N2O4/c20-12-3-1-11(2-4-12)18-14(10-28-8-7-25)17(19(26)27)23-24(18)16-6-5-13(21)9-15(16)22/h1-6,9,25H,7-8,10H2,(H,26,27). The molecule has 2 N–H and O–H groups in total. The fourth-order valence-corrected chi connectivity index (χ4v) is 3.34. The second-order valence-corrected chi connectivity index (χ2v) is 7.05. The van der Waals surface area contributed by atoms with Crippen LogP contribution in [-0.4, -0.2) is 39.2 Å². The molecule has 0 radical (unpaired) electrons. The molecule has 28 heavy (non-hydrogen) atoms. The summed E-state index contributed by atoms with van der Waals surface area (Å²) in [6, 6.07) is 11.7. The van der Waals surface area contributed by atoms with Crippen LogP contribution in [0, 0.1) is 0 Å². The van der Waals surface area contributed by atoms with Gasteiger partial charge in [0.1, 0.15) is 0 Å². The van der Waals surface area contributed by atoms with Gasteiger partial charge in [-0.05, 0) is 30.3 Å². The first-order valence-electron chi connectivity index (χ1n) is 8.17. The Balaban J connectivity index is 2.26. The molecule has 6 nitrogen and oxygen atoms in total. The first kappa shape index (κ1) is 20.6. The predicted molar refractivity (Wildman–Crippen MR) is 108 cm³/mol. The number of carboxylic acid groups (broad SMARTS) is 1. The van der Waals surface area contributed by atoms with Gasteiger partial charge >= 0.3 is 5.97 Å². The largest absolute Gasteiger partial charge is 0.476 e. The summed E-state index contributed by atoms with van der Waals surface area (Å²) < 4.78 is 6.84. The van der Waals surface area contributed by atoms with E-state index in [0.29, 0.717) is 37.6 Å². The molecule has 0 saturated heterocycles. The highest BCUT2D eigenvalue weighted by Crippen LogP contribution is 2.34. The van der Waals surface area contributed by atoms with E-state index in [2.05, 4.69) is 5.10 Å². The summed E-state index contributed by atoms with van der Waals surface area (Å²) >= 11 is 18.3. The molecule has 0 aliphatic heterocycles. The van der Waals surface area contributed by atoms with Crippen molar-refractivity contribution in [2.45, 2.75) is 6.61 Å². The number of hydrogen-bond donors (Lipinski definition) is 2. The van der Waals surface area contributed by atoms with Crippen molar-refractivity contribution in [3.8, 4) is 16.9 Å². The number of aromatic carboxylic acids is 1. The molecule has 0 saturated carbocycles. The minimum Gasteiger partial charge on any atom is -0.476 e. The maximum absolute atomic E-state index is 11.8. The summed E-state index contributed by atoms with van der Waals surface area (Å²) in [6.45, 7) is -0.173. The van der Waals surface area contributed by atoms with Crippen molar-refractivity contribution in [2.24, 2.45) is 0 Å². The summed E-state index contributed by atoms with van der Waals surface area (Å²) in [5.74, 6) is -1.21. The van der Waals surface area contributed by atoms with Crippen molar-refractivity contribution < 1.29 is 19.7 Å². The van der Waals surface area contributed by atoms with Crippen molar-refractivity contribution in [3.05, 3.63) is 68.8 Å². The monoisotopic (exact) mass is 440 g/mol. The number of rotatable bonds is 7. The second-order valence-electron chi connectivity index (χ2n) is 5.77. The molecule has 0 fully saturated rings. The van der Waals surface area contributed by atoms with Crippen LogP contribution in [0.2, 0.25) is 15.1 Å². The van der Waals surface area contributed by atoms with Crippen LogP contribution in [0.25, 0.3) is 16.9 Å². The van der Waals surface area contributed by atoms with E-state index in [1.165, 1.54) is 4.68 Å². The molecule has 0 bridgehead atoms. The Bertz CT molecular complexity index is 1000. The first-order chi connectivity index (χ1) is 13.4. The molecule has 1 heterocycles. The molecular formula is C19H15Cl3N2O4. The lowest BCUT2D eigenvalue weighted by molar-refractivity contribution is 0.0667. The van der Waals surface area contributed by atoms with Gasteiger partial charge in [-0.3, -0.25) is 0 Å². The van der Waals surface area contributed by atoms with Gasteiger partial charge in [0.2, 0.25) is 0 Å². The van der Waals surface area contributed by atoms with Crippen LogP contribution in [0.15, 0.2) is 42.5 Å². The summed E-state index contributed by atoms with van der Waals surface area (Å²) in [5.41, 5.74) is 1.82. The van der Waals surface area contributed by atoms with Crippen molar-refractivity contribution in [2.75, 3.05) is 13.2 Å². The number of carbonyl (C=O) groups is 1. The third-order valence-corrected chi connectivity index (χ3v) is 4.71. The molecule has 0 unspecified atom stereocenters. The third kappa shape index (κ3) is 4.32. The molecule has 0 aliphatic carbocycles. The van der Waals surface area contributed by atoms with Crippen molar-refractivity contribution in [1.29, 1.82) is 0 Å². The van der Waals surface area contributed by atoms with E-state index in [4.69, 9.17) is 44.6 Å². The normalized spacial score (nSPS) is 11.0. The first-order valence-corrected chi connectivity index (χ1v) is 9.31. The average molecular weight is 442 g/mol. The van der Waals surface area contributed by atoms with Crippen LogP contribution in [0.1, 0.15) is 16.1 Å². The lowest BCUT2D eigenvalue weighted by Gasteiger charge is -2.12. The number of benzene rings is 2. The van der Waals surface area contributed by atoms with E-state index < -0.39 is 5.97 Å². The Morgan fingerprint density at radius 2 is 1.75 bits per heavy atom. The van der Waals surface area contributed by atoms with E-state index >= 15 is 0 Å². The minimum absolute atomic E-state index is 0.0502. The van der Waals surface area contributed by atoms with Crippen molar-refractivity contribution in [3.63, 3.8) is 0 Å². The van der Waals surface area contributed by atoms with E-state index in [1.807, 2.05) is 0 Å². The Morgan fingerprint density at radius 1 is 1.07 bits per heavy atom. The zero-order valence-electron chi connectivity index (χ0n) is 14.4. The second kappa shape index (κ2) is 8.94. The number of aliphatic hydroxyl groups excluding tert-OH is 1. The Morgan fingerprint density at radius 3 is 2.36 bits per heavy atom. The summed E-state index contributed by atoms with van der Waals surface area (Å²) in [6.07, 6.45) is 0. The smallest absolute Gasteiger partial charge is 0.356 e. The van der Waals surface area contributed by atoms with E-state index in [9.17, 15) is 9.90 Å². The molecule has 0 amide bonds. The number of ether oxygens (including phenoxy) is 1. The Hall–Kier alpha value is -2.09. The molecule has 9 heteroatoms. The van der Waals surface area contributed by atoms with Gasteiger partial charge in [0.15, 0.2) is 5.69 Å². The average Bonchev–Trinajstić information content (AvgIpc) is 3.02. The van der Waals surface area contributed by atoms with Crippen LogP contribution in [-0.2, 0) is 11.3 Å². The van der Waals surface area contributed by atoms with E-state index in [0.717, 1.165) is 0 Å². The van der Waals surface area contributed by atoms with Crippen LogP contribution in [0.3, 0.4) is 0 Å². The molecule has 0 spiro atoms. The fraction of sp³-hybridized carbons (Fsp3) is 0.158. The molecule has 146 valence electrons. The number of halogens is 3. The Labute approximate surface area is 175 Å². The molecule has 1 aromatic heterocycles. The topological polar surface area (TPSA) is 84.6 Å². The highest BCUT2D eigenvalue weighted by molar-refractivity contribution is 6.35. The Kier molecular flexibility index (Phi) is 6.59. The molecule has 0 atom stereocenters. The number of aliphatic hydroxyl groups is 1. The number of aromatic nitrogens is 2. The molecule has 2 aromatic carbocycles. The highest BCUT2D eigenvalue weighted by Gasteiger charge is 2.25. The highest BCUT2D eigenvalue weighted by atomic mass is 35.5. The number of carboxylic acids is 1. The van der Waals surface area contributed by atoms with Crippen molar-refractivity contribution in [1.82, 2.24) is 9.78 Å². The summed E-state index contributed by atoms with van der Waals surface area (Å²) in [5, 5.41) is 24.2. The van der Waals surface area contributed by atoms with Gasteiger partial charge in [0.25, 0.3) is 0 Å². The van der Waals surface area contributed by atoms with Gasteiger partial charge in [-0.2, -0.15) is 5.10 Å². The van der Waals surface area contributed by atoms with Crippen LogP contribution in [0.5, 0.6) is 0 Å². The van der Waals surface area contributed by atoms with Crippen LogP contribution >= 0.6 is 34.8 Å². The summed E-state index contributed by atoms with van der Waals surface area (Å²) in [4.78, 5) is 11.8.